The molecule has 0 saturated carbocycles. The van der Waals surface area contributed by atoms with Crippen molar-refractivity contribution in [1.29, 1.82) is 0 Å². The Bertz CT molecular complexity index is 611. The third-order valence-electron chi connectivity index (χ3n) is 3.99. The standard InChI is InChI=1S/C21H34O3S/c1-19(2,3)17(14-25(23)21(7,8)9)15-10-12-16(13-11-15)18(22)24-20(4,5)6/h10-13,17H,14H2,1-9H3/t17-,25+/m0/s1. The van der Waals surface area contributed by atoms with Gasteiger partial charge in [0.05, 0.1) is 5.56 Å². The largest absolute Gasteiger partial charge is 0.456 e. The summed E-state index contributed by atoms with van der Waals surface area (Å²) in [5.41, 5.74) is 1.13. The maximum absolute atomic E-state index is 12.7. The first-order valence-electron chi connectivity index (χ1n) is 8.83. The summed E-state index contributed by atoms with van der Waals surface area (Å²) in [5.74, 6) is 0.448. The Hall–Kier alpha value is -1.16. The van der Waals surface area contributed by atoms with E-state index in [4.69, 9.17) is 4.74 Å². The van der Waals surface area contributed by atoms with E-state index >= 15 is 0 Å². The Kier molecular flexibility index (Phi) is 6.66. The number of hydrogen-bond acceptors (Lipinski definition) is 3. The van der Waals surface area contributed by atoms with E-state index in [9.17, 15) is 9.00 Å². The smallest absolute Gasteiger partial charge is 0.338 e. The zero-order valence-electron chi connectivity index (χ0n) is 17.2. The average molecular weight is 367 g/mol. The number of esters is 1. The molecule has 0 N–H and O–H groups in total. The van der Waals surface area contributed by atoms with Gasteiger partial charge in [-0.1, -0.05) is 32.9 Å². The van der Waals surface area contributed by atoms with Gasteiger partial charge in [0.1, 0.15) is 5.60 Å². The van der Waals surface area contributed by atoms with Crippen LogP contribution in [0, 0.1) is 5.41 Å². The number of ether oxygens (including phenoxy) is 1. The lowest BCUT2D eigenvalue weighted by Gasteiger charge is -2.33. The van der Waals surface area contributed by atoms with Gasteiger partial charge in [-0.25, -0.2) is 4.79 Å². The summed E-state index contributed by atoms with van der Waals surface area (Å²) in [6.07, 6.45) is 0. The molecule has 1 aromatic carbocycles. The van der Waals surface area contributed by atoms with Crippen molar-refractivity contribution in [3.63, 3.8) is 0 Å². The Morgan fingerprint density at radius 1 is 0.960 bits per heavy atom. The molecule has 0 radical (unpaired) electrons. The Morgan fingerprint density at radius 2 is 1.44 bits per heavy atom. The molecule has 0 fully saturated rings. The molecule has 1 rings (SSSR count). The van der Waals surface area contributed by atoms with Gasteiger partial charge in [-0.2, -0.15) is 0 Å². The van der Waals surface area contributed by atoms with Crippen LogP contribution in [-0.2, 0) is 15.5 Å². The molecule has 0 unspecified atom stereocenters. The van der Waals surface area contributed by atoms with Crippen LogP contribution in [0.3, 0.4) is 0 Å². The molecule has 0 aliphatic heterocycles. The molecule has 0 bridgehead atoms. The van der Waals surface area contributed by atoms with Gasteiger partial charge in [-0.05, 0) is 64.7 Å². The van der Waals surface area contributed by atoms with Crippen molar-refractivity contribution in [3.8, 4) is 0 Å². The van der Waals surface area contributed by atoms with E-state index in [1.165, 1.54) is 0 Å². The normalized spacial score (nSPS) is 15.6. The van der Waals surface area contributed by atoms with Crippen LogP contribution in [0.1, 0.15) is 84.2 Å². The van der Waals surface area contributed by atoms with E-state index in [1.54, 1.807) is 0 Å². The number of rotatable bonds is 4. The Labute approximate surface area is 156 Å². The minimum absolute atomic E-state index is 0.0195. The first-order chi connectivity index (χ1) is 11.1. The maximum Gasteiger partial charge on any atom is 0.338 e. The minimum atomic E-state index is -0.934. The van der Waals surface area contributed by atoms with Crippen LogP contribution in [0.15, 0.2) is 24.3 Å². The van der Waals surface area contributed by atoms with Gasteiger partial charge < -0.3 is 4.74 Å². The van der Waals surface area contributed by atoms with Crippen LogP contribution in [0.2, 0.25) is 0 Å². The number of hydrogen-bond donors (Lipinski definition) is 0. The Morgan fingerprint density at radius 3 is 1.80 bits per heavy atom. The lowest BCUT2D eigenvalue weighted by Crippen LogP contribution is -2.31. The highest BCUT2D eigenvalue weighted by atomic mass is 32.2. The van der Waals surface area contributed by atoms with Crippen molar-refractivity contribution in [3.05, 3.63) is 35.4 Å². The van der Waals surface area contributed by atoms with Gasteiger partial charge >= 0.3 is 5.97 Å². The molecule has 0 amide bonds. The van der Waals surface area contributed by atoms with Crippen molar-refractivity contribution < 1.29 is 13.7 Å². The SMILES string of the molecule is CC(C)(C)OC(=O)c1ccc([C@H](C[S@@](=O)C(C)(C)C)C(C)(C)C)cc1. The van der Waals surface area contributed by atoms with Crippen molar-refractivity contribution in [2.24, 2.45) is 5.41 Å². The molecule has 0 aliphatic carbocycles. The van der Waals surface area contributed by atoms with E-state index in [0.717, 1.165) is 5.56 Å². The summed E-state index contributed by atoms with van der Waals surface area (Å²) >= 11 is 0. The molecule has 1 aromatic rings. The number of carbonyl (C=O) groups is 1. The van der Waals surface area contributed by atoms with E-state index in [0.29, 0.717) is 11.3 Å². The predicted octanol–water partition coefficient (Wildman–Crippen LogP) is 5.32. The lowest BCUT2D eigenvalue weighted by molar-refractivity contribution is 0.00695. The Balaban J connectivity index is 3.06. The monoisotopic (exact) mass is 366 g/mol. The van der Waals surface area contributed by atoms with Crippen LogP contribution in [0.5, 0.6) is 0 Å². The highest BCUT2D eigenvalue weighted by Gasteiger charge is 2.31. The highest BCUT2D eigenvalue weighted by molar-refractivity contribution is 7.86. The molecule has 0 saturated heterocycles. The van der Waals surface area contributed by atoms with Crippen LogP contribution >= 0.6 is 0 Å². The van der Waals surface area contributed by atoms with Crippen molar-refractivity contribution >= 4 is 16.8 Å². The number of carbonyl (C=O) groups excluding carboxylic acids is 1. The van der Waals surface area contributed by atoms with Crippen LogP contribution in [0.25, 0.3) is 0 Å². The third-order valence-corrected chi connectivity index (χ3v) is 6.00. The van der Waals surface area contributed by atoms with Gasteiger partial charge in [-0.15, -0.1) is 0 Å². The fourth-order valence-corrected chi connectivity index (χ4v) is 3.93. The fraction of sp³-hybridized carbons (Fsp3) is 0.667. The summed E-state index contributed by atoms with van der Waals surface area (Å²) in [4.78, 5) is 12.2. The molecular weight excluding hydrogens is 332 g/mol. The molecule has 0 aromatic heterocycles. The van der Waals surface area contributed by atoms with E-state index < -0.39 is 16.4 Å². The van der Waals surface area contributed by atoms with Crippen LogP contribution in [-0.4, -0.2) is 26.3 Å². The first kappa shape index (κ1) is 21.9. The van der Waals surface area contributed by atoms with Crippen molar-refractivity contribution in [1.82, 2.24) is 0 Å². The summed E-state index contributed by atoms with van der Waals surface area (Å²) in [7, 11) is -0.934. The molecular formula is C21H34O3S. The van der Waals surface area contributed by atoms with Crippen LogP contribution < -0.4 is 0 Å². The second-order valence-electron chi connectivity index (χ2n) is 9.67. The van der Waals surface area contributed by atoms with E-state index in [1.807, 2.05) is 65.8 Å². The lowest BCUT2D eigenvalue weighted by atomic mass is 9.77. The summed E-state index contributed by atoms with van der Waals surface area (Å²) < 4.78 is 17.8. The zero-order valence-corrected chi connectivity index (χ0v) is 18.0. The van der Waals surface area contributed by atoms with Gasteiger partial charge in [0.2, 0.25) is 0 Å². The molecule has 25 heavy (non-hydrogen) atoms. The molecule has 0 heterocycles. The van der Waals surface area contributed by atoms with Gasteiger partial charge in [0, 0.05) is 27.2 Å². The first-order valence-corrected chi connectivity index (χ1v) is 10.1. The third kappa shape index (κ3) is 6.93. The van der Waals surface area contributed by atoms with Gasteiger partial charge in [-0.3, -0.25) is 4.21 Å². The van der Waals surface area contributed by atoms with E-state index in [-0.39, 0.29) is 22.0 Å². The second kappa shape index (κ2) is 7.61. The number of benzene rings is 1. The summed E-state index contributed by atoms with van der Waals surface area (Å²) in [6, 6.07) is 7.55. The van der Waals surface area contributed by atoms with Gasteiger partial charge in [0.15, 0.2) is 0 Å². The quantitative estimate of drug-likeness (QED) is 0.677. The van der Waals surface area contributed by atoms with Gasteiger partial charge in [0.25, 0.3) is 0 Å². The molecule has 3 nitrogen and oxygen atoms in total. The molecule has 0 aliphatic rings. The van der Waals surface area contributed by atoms with E-state index in [2.05, 4.69) is 20.8 Å². The topological polar surface area (TPSA) is 43.4 Å². The van der Waals surface area contributed by atoms with Crippen molar-refractivity contribution in [2.75, 3.05) is 5.75 Å². The van der Waals surface area contributed by atoms with Crippen LogP contribution in [0.4, 0.5) is 0 Å². The zero-order chi connectivity index (χ0) is 19.6. The second-order valence-corrected chi connectivity index (χ2v) is 11.9. The average Bonchev–Trinajstić information content (AvgIpc) is 2.40. The highest BCUT2D eigenvalue weighted by Crippen LogP contribution is 2.37. The molecule has 0 spiro atoms. The fourth-order valence-electron chi connectivity index (χ4n) is 2.44. The minimum Gasteiger partial charge on any atom is -0.456 e. The predicted molar refractivity (Wildman–Crippen MR) is 107 cm³/mol. The maximum atomic E-state index is 12.7. The van der Waals surface area contributed by atoms with Crippen molar-refractivity contribution in [2.45, 2.75) is 78.6 Å². The molecule has 2 atom stereocenters. The summed E-state index contributed by atoms with van der Waals surface area (Å²) in [5, 5.41) is 0. The molecule has 142 valence electrons. The summed E-state index contributed by atoms with van der Waals surface area (Å²) in [6.45, 7) is 18.1. The molecule has 4 heteroatoms.